The molecule has 3 aromatic rings. The molecule has 0 bridgehead atoms. The quantitative estimate of drug-likeness (QED) is 0.705. The molecule has 0 fully saturated rings. The van der Waals surface area contributed by atoms with Gasteiger partial charge >= 0.3 is 0 Å². The molecule has 6 heteroatoms. The van der Waals surface area contributed by atoms with Crippen molar-refractivity contribution in [1.82, 2.24) is 4.98 Å². The Balaban J connectivity index is 1.74. The molecule has 0 radical (unpaired) electrons. The number of fused-ring (bicyclic) bond motifs is 1. The van der Waals surface area contributed by atoms with Crippen molar-refractivity contribution in [2.75, 3.05) is 5.32 Å². The van der Waals surface area contributed by atoms with Crippen molar-refractivity contribution in [3.63, 3.8) is 0 Å². The summed E-state index contributed by atoms with van der Waals surface area (Å²) < 4.78 is 19.1. The minimum atomic E-state index is -0.731. The molecule has 0 aliphatic heterocycles. The van der Waals surface area contributed by atoms with Gasteiger partial charge in [-0.1, -0.05) is 6.07 Å². The molecule has 1 heterocycles. The minimum absolute atomic E-state index is 0.282. The van der Waals surface area contributed by atoms with Crippen molar-refractivity contribution in [1.29, 1.82) is 0 Å². The van der Waals surface area contributed by atoms with E-state index >= 15 is 0 Å². The predicted molar refractivity (Wildman–Crippen MR) is 91.1 cm³/mol. The Morgan fingerprint density at radius 3 is 2.91 bits per heavy atom. The second kappa shape index (κ2) is 6.42. The van der Waals surface area contributed by atoms with Gasteiger partial charge in [0.05, 0.1) is 10.2 Å². The molecule has 1 unspecified atom stereocenters. The lowest BCUT2D eigenvalue weighted by atomic mass is 10.2. The smallest absolute Gasteiger partial charge is 0.265 e. The second-order valence-electron chi connectivity index (χ2n) is 5.07. The monoisotopic (exact) mass is 376 g/mol. The summed E-state index contributed by atoms with van der Waals surface area (Å²) in [5.74, 6) is -0.246. The fourth-order valence-electron chi connectivity index (χ4n) is 2.24. The number of amides is 1. The fraction of sp³-hybridized carbons (Fsp3) is 0.118. The van der Waals surface area contributed by atoms with Gasteiger partial charge in [-0.2, -0.15) is 0 Å². The van der Waals surface area contributed by atoms with Gasteiger partial charge in [0.25, 0.3) is 5.91 Å². The number of hydrogen-bond acceptors (Lipinski definition) is 2. The molecular formula is C17H14BrFN2O2. The van der Waals surface area contributed by atoms with Crippen molar-refractivity contribution in [2.45, 2.75) is 13.0 Å². The average Bonchev–Trinajstić information content (AvgIpc) is 2.99. The van der Waals surface area contributed by atoms with E-state index in [4.69, 9.17) is 4.74 Å². The van der Waals surface area contributed by atoms with E-state index in [1.807, 2.05) is 30.5 Å². The lowest BCUT2D eigenvalue weighted by molar-refractivity contribution is -0.122. The third kappa shape index (κ3) is 3.37. The maximum atomic E-state index is 13.1. The molecule has 4 nitrogen and oxygen atoms in total. The number of rotatable bonds is 4. The molecule has 0 aliphatic carbocycles. The van der Waals surface area contributed by atoms with E-state index < -0.39 is 6.10 Å². The molecule has 0 saturated heterocycles. The van der Waals surface area contributed by atoms with Gasteiger partial charge in [0.1, 0.15) is 11.6 Å². The summed E-state index contributed by atoms with van der Waals surface area (Å²) in [4.78, 5) is 15.4. The van der Waals surface area contributed by atoms with E-state index in [1.165, 1.54) is 18.2 Å². The van der Waals surface area contributed by atoms with Crippen LogP contribution in [0.4, 0.5) is 10.1 Å². The van der Waals surface area contributed by atoms with Crippen LogP contribution in [-0.4, -0.2) is 17.0 Å². The Bertz CT molecular complexity index is 863. The number of carbonyl (C=O) groups is 1. The van der Waals surface area contributed by atoms with Crippen molar-refractivity contribution < 1.29 is 13.9 Å². The molecular weight excluding hydrogens is 363 g/mol. The topological polar surface area (TPSA) is 54.1 Å². The Labute approximate surface area is 140 Å². The zero-order valence-electron chi connectivity index (χ0n) is 12.3. The maximum absolute atomic E-state index is 13.1. The molecule has 1 atom stereocenters. The van der Waals surface area contributed by atoms with Crippen LogP contribution in [0.15, 0.2) is 53.1 Å². The number of H-pyrrole nitrogens is 1. The Morgan fingerprint density at radius 1 is 1.30 bits per heavy atom. The largest absolute Gasteiger partial charge is 0.480 e. The van der Waals surface area contributed by atoms with E-state index in [0.717, 1.165) is 10.9 Å². The second-order valence-corrected chi connectivity index (χ2v) is 5.92. The summed E-state index contributed by atoms with van der Waals surface area (Å²) >= 11 is 3.22. The van der Waals surface area contributed by atoms with E-state index in [1.54, 1.807) is 6.92 Å². The zero-order chi connectivity index (χ0) is 16.4. The molecule has 0 aliphatic rings. The molecule has 118 valence electrons. The van der Waals surface area contributed by atoms with E-state index in [2.05, 4.69) is 26.2 Å². The number of nitrogens with one attached hydrogen (secondary N) is 2. The highest BCUT2D eigenvalue weighted by Gasteiger charge is 2.17. The van der Waals surface area contributed by atoms with Gasteiger partial charge in [-0.25, -0.2) is 4.39 Å². The molecule has 3 rings (SSSR count). The SMILES string of the molecule is CC(Oc1ccc(F)cc1Br)C(=O)Nc1cccc2[nH]ccc12. The number of halogens is 2. The first-order valence-corrected chi connectivity index (χ1v) is 7.82. The van der Waals surface area contributed by atoms with Crippen molar-refractivity contribution in [3.05, 3.63) is 59.0 Å². The number of benzene rings is 2. The maximum Gasteiger partial charge on any atom is 0.265 e. The van der Waals surface area contributed by atoms with Crippen molar-refractivity contribution in [2.24, 2.45) is 0 Å². The van der Waals surface area contributed by atoms with Crippen molar-refractivity contribution >= 4 is 38.4 Å². The van der Waals surface area contributed by atoms with Crippen LogP contribution in [0.5, 0.6) is 5.75 Å². The Morgan fingerprint density at radius 2 is 2.13 bits per heavy atom. The summed E-state index contributed by atoms with van der Waals surface area (Å²) in [7, 11) is 0. The van der Waals surface area contributed by atoms with Crippen LogP contribution < -0.4 is 10.1 Å². The summed E-state index contributed by atoms with van der Waals surface area (Å²) in [6, 6.07) is 11.6. The van der Waals surface area contributed by atoms with Crippen molar-refractivity contribution in [3.8, 4) is 5.75 Å². The first-order valence-electron chi connectivity index (χ1n) is 7.03. The number of hydrogen-bond donors (Lipinski definition) is 2. The number of aromatic nitrogens is 1. The summed E-state index contributed by atoms with van der Waals surface area (Å²) in [5.41, 5.74) is 1.65. The number of ether oxygens (including phenoxy) is 1. The molecule has 1 amide bonds. The predicted octanol–water partition coefficient (Wildman–Crippen LogP) is 4.48. The lowest BCUT2D eigenvalue weighted by Crippen LogP contribution is -2.30. The van der Waals surface area contributed by atoms with Crippen LogP contribution in [0, 0.1) is 5.82 Å². The lowest BCUT2D eigenvalue weighted by Gasteiger charge is -2.16. The molecule has 0 spiro atoms. The fourth-order valence-corrected chi connectivity index (χ4v) is 2.69. The third-order valence-electron chi connectivity index (χ3n) is 3.42. The van der Waals surface area contributed by atoms with Gasteiger partial charge < -0.3 is 15.0 Å². The van der Waals surface area contributed by atoms with Gasteiger partial charge in [0.2, 0.25) is 0 Å². The molecule has 1 aromatic heterocycles. The van der Waals surface area contributed by atoms with Crippen LogP contribution in [0.25, 0.3) is 10.9 Å². The van der Waals surface area contributed by atoms with Crippen LogP contribution in [0.3, 0.4) is 0 Å². The average molecular weight is 377 g/mol. The zero-order valence-corrected chi connectivity index (χ0v) is 13.9. The van der Waals surface area contributed by atoms with Crippen LogP contribution in [-0.2, 0) is 4.79 Å². The number of carbonyl (C=O) groups excluding carboxylic acids is 1. The van der Waals surface area contributed by atoms with Gasteiger partial charge in [-0.15, -0.1) is 0 Å². The molecule has 23 heavy (non-hydrogen) atoms. The minimum Gasteiger partial charge on any atom is -0.480 e. The highest BCUT2D eigenvalue weighted by molar-refractivity contribution is 9.10. The van der Waals surface area contributed by atoms with Crippen LogP contribution in [0.1, 0.15) is 6.92 Å². The van der Waals surface area contributed by atoms with Crippen LogP contribution in [0.2, 0.25) is 0 Å². The Hall–Kier alpha value is -2.34. The first-order chi connectivity index (χ1) is 11.0. The van der Waals surface area contributed by atoms with E-state index in [0.29, 0.717) is 15.9 Å². The molecule has 0 saturated carbocycles. The van der Waals surface area contributed by atoms with E-state index in [9.17, 15) is 9.18 Å². The standard InChI is InChI=1S/C17H14BrFN2O2/c1-10(23-16-6-5-11(19)9-13(16)18)17(22)21-15-4-2-3-14-12(15)7-8-20-14/h2-10,20H,1H3,(H,21,22). The normalized spacial score (nSPS) is 12.1. The first kappa shape index (κ1) is 15.6. The van der Waals surface area contributed by atoms with Gasteiger partial charge in [-0.05, 0) is 59.3 Å². The summed E-state index contributed by atoms with van der Waals surface area (Å²) in [6.45, 7) is 1.64. The Kier molecular flexibility index (Phi) is 4.34. The third-order valence-corrected chi connectivity index (χ3v) is 4.04. The van der Waals surface area contributed by atoms with Gasteiger partial charge in [0.15, 0.2) is 6.10 Å². The number of anilines is 1. The van der Waals surface area contributed by atoms with Crippen LogP contribution >= 0.6 is 15.9 Å². The van der Waals surface area contributed by atoms with E-state index in [-0.39, 0.29) is 11.7 Å². The van der Waals surface area contributed by atoms with Gasteiger partial charge in [0, 0.05) is 17.1 Å². The molecule has 2 N–H and O–H groups in total. The highest BCUT2D eigenvalue weighted by Crippen LogP contribution is 2.27. The summed E-state index contributed by atoms with van der Waals surface area (Å²) in [6.07, 6.45) is 1.08. The summed E-state index contributed by atoms with van der Waals surface area (Å²) in [5, 5.41) is 3.78. The number of aromatic amines is 1. The molecule has 2 aromatic carbocycles. The highest BCUT2D eigenvalue weighted by atomic mass is 79.9. The van der Waals surface area contributed by atoms with Gasteiger partial charge in [-0.3, -0.25) is 4.79 Å².